The van der Waals surface area contributed by atoms with Gasteiger partial charge < -0.3 is 4.74 Å². The lowest BCUT2D eigenvalue weighted by Gasteiger charge is -2.29. The molecule has 1 fully saturated rings. The highest BCUT2D eigenvalue weighted by atomic mass is 19.3. The molecule has 3 rings (SSSR count). The summed E-state index contributed by atoms with van der Waals surface area (Å²) >= 11 is 0. The molecule has 0 N–H and O–H groups in total. The summed E-state index contributed by atoms with van der Waals surface area (Å²) in [5.41, 5.74) is -2.12. The first-order valence-electron chi connectivity index (χ1n) is 10.8. The van der Waals surface area contributed by atoms with Crippen molar-refractivity contribution >= 4 is 0 Å². The van der Waals surface area contributed by atoms with E-state index in [1.54, 1.807) is 0 Å². The van der Waals surface area contributed by atoms with Crippen LogP contribution >= 0.6 is 0 Å². The van der Waals surface area contributed by atoms with Crippen LogP contribution in [0.1, 0.15) is 74.5 Å². The Balaban J connectivity index is 1.82. The van der Waals surface area contributed by atoms with Gasteiger partial charge in [0.05, 0.1) is 0 Å². The maximum Gasteiger partial charge on any atom is 0.432 e. The number of rotatable bonds is 7. The Hall–Kier alpha value is -2.25. The van der Waals surface area contributed by atoms with Crippen LogP contribution in [0.15, 0.2) is 18.2 Å². The molecule has 2 aromatic carbocycles. The van der Waals surface area contributed by atoms with Crippen LogP contribution in [0.2, 0.25) is 0 Å². The molecule has 0 saturated heterocycles. The van der Waals surface area contributed by atoms with Gasteiger partial charge in [-0.05, 0) is 62.1 Å². The Labute approximate surface area is 182 Å². The molecule has 2 aromatic rings. The first-order chi connectivity index (χ1) is 15.0. The van der Waals surface area contributed by atoms with Crippen molar-refractivity contribution in [3.05, 3.63) is 64.0 Å². The Morgan fingerprint density at radius 2 is 1.47 bits per heavy atom. The molecule has 0 atom stereocenters. The minimum atomic E-state index is -4.58. The maximum atomic E-state index is 14.6. The lowest BCUT2D eigenvalue weighted by Crippen LogP contribution is -2.26. The van der Waals surface area contributed by atoms with Crippen LogP contribution in [0.25, 0.3) is 0 Å². The Morgan fingerprint density at radius 1 is 0.875 bits per heavy atom. The minimum Gasteiger partial charge on any atom is -0.428 e. The van der Waals surface area contributed by atoms with Crippen molar-refractivity contribution in [1.82, 2.24) is 0 Å². The molecule has 0 spiro atoms. The van der Waals surface area contributed by atoms with Gasteiger partial charge in [-0.3, -0.25) is 0 Å². The summed E-state index contributed by atoms with van der Waals surface area (Å²) in [5.74, 6) is -8.99. The van der Waals surface area contributed by atoms with E-state index in [4.69, 9.17) is 0 Å². The predicted molar refractivity (Wildman–Crippen MR) is 106 cm³/mol. The summed E-state index contributed by atoms with van der Waals surface area (Å²) in [6.45, 7) is 3.00. The second kappa shape index (κ2) is 9.71. The van der Waals surface area contributed by atoms with Crippen LogP contribution in [0.5, 0.6) is 5.75 Å². The molecule has 1 aliphatic rings. The van der Waals surface area contributed by atoms with Crippen molar-refractivity contribution in [2.75, 3.05) is 0 Å². The standard InChI is InChI=1S/C24H25F7O/c1-3-4-5-14-6-8-15(9-7-14)16-10-17(25)21(18(26)11-16)24(30,31)32-20-12-19(27)23(29)22(28)13(20)2/h10-12,14-15H,3-9H2,1-2H3. The van der Waals surface area contributed by atoms with Gasteiger partial charge in [-0.25, -0.2) is 22.0 Å². The van der Waals surface area contributed by atoms with Crippen LogP contribution < -0.4 is 4.74 Å². The summed E-state index contributed by atoms with van der Waals surface area (Å²) in [7, 11) is 0. The zero-order valence-electron chi connectivity index (χ0n) is 17.9. The smallest absolute Gasteiger partial charge is 0.428 e. The number of ether oxygens (including phenoxy) is 1. The molecular formula is C24H25F7O. The third kappa shape index (κ3) is 5.04. The Bertz CT molecular complexity index is 942. The summed E-state index contributed by atoms with van der Waals surface area (Å²) in [6.07, 6.45) is 2.02. The number of unbranched alkanes of at least 4 members (excludes halogenated alkanes) is 1. The van der Waals surface area contributed by atoms with E-state index in [1.165, 1.54) is 0 Å². The van der Waals surface area contributed by atoms with Crippen LogP contribution in [0.3, 0.4) is 0 Å². The molecular weight excluding hydrogens is 437 g/mol. The van der Waals surface area contributed by atoms with Crippen molar-refractivity contribution in [2.45, 2.75) is 70.8 Å². The van der Waals surface area contributed by atoms with E-state index in [9.17, 15) is 30.7 Å². The SMILES string of the molecule is CCCCC1CCC(c2cc(F)c(C(F)(F)Oc3cc(F)c(F)c(F)c3C)c(F)c2)CC1. The normalized spacial score (nSPS) is 19.3. The van der Waals surface area contributed by atoms with Crippen LogP contribution in [0, 0.1) is 41.9 Å². The molecule has 1 nitrogen and oxygen atoms in total. The molecule has 176 valence electrons. The summed E-state index contributed by atoms with van der Waals surface area (Å²) < 4.78 is 103. The molecule has 0 aromatic heterocycles. The van der Waals surface area contributed by atoms with Crippen molar-refractivity contribution in [3.63, 3.8) is 0 Å². The van der Waals surface area contributed by atoms with Crippen LogP contribution in [-0.2, 0) is 6.11 Å². The van der Waals surface area contributed by atoms with Crippen molar-refractivity contribution in [1.29, 1.82) is 0 Å². The molecule has 0 unspecified atom stereocenters. The number of hydrogen-bond donors (Lipinski definition) is 0. The highest BCUT2D eigenvalue weighted by molar-refractivity contribution is 5.37. The molecule has 32 heavy (non-hydrogen) atoms. The number of alkyl halides is 2. The van der Waals surface area contributed by atoms with Gasteiger partial charge in [-0.15, -0.1) is 0 Å². The van der Waals surface area contributed by atoms with E-state index in [-0.39, 0.29) is 12.0 Å². The lowest BCUT2D eigenvalue weighted by atomic mass is 9.77. The van der Waals surface area contributed by atoms with Gasteiger partial charge >= 0.3 is 6.11 Å². The van der Waals surface area contributed by atoms with Crippen molar-refractivity contribution in [2.24, 2.45) is 5.92 Å². The third-order valence-electron chi connectivity index (χ3n) is 6.24. The van der Waals surface area contributed by atoms with Crippen molar-refractivity contribution in [3.8, 4) is 5.75 Å². The fraction of sp³-hybridized carbons (Fsp3) is 0.500. The highest BCUT2D eigenvalue weighted by Crippen LogP contribution is 2.41. The van der Waals surface area contributed by atoms with Gasteiger partial charge in [0.2, 0.25) is 0 Å². The second-order valence-electron chi connectivity index (χ2n) is 8.45. The molecule has 1 aliphatic carbocycles. The molecule has 0 radical (unpaired) electrons. The fourth-order valence-corrected chi connectivity index (χ4v) is 4.34. The topological polar surface area (TPSA) is 9.23 Å². The quantitative estimate of drug-likeness (QED) is 0.297. The maximum absolute atomic E-state index is 14.6. The van der Waals surface area contributed by atoms with Gasteiger partial charge in [-0.1, -0.05) is 26.2 Å². The van der Waals surface area contributed by atoms with Gasteiger partial charge in [0, 0.05) is 11.6 Å². The molecule has 1 saturated carbocycles. The Kier molecular flexibility index (Phi) is 7.40. The first-order valence-corrected chi connectivity index (χ1v) is 10.8. The van der Waals surface area contributed by atoms with Gasteiger partial charge in [0.1, 0.15) is 22.9 Å². The van der Waals surface area contributed by atoms with Crippen molar-refractivity contribution < 1.29 is 35.5 Å². The lowest BCUT2D eigenvalue weighted by molar-refractivity contribution is -0.190. The zero-order chi connectivity index (χ0) is 23.6. The summed E-state index contributed by atoms with van der Waals surface area (Å²) in [5, 5.41) is 0. The van der Waals surface area contributed by atoms with Crippen LogP contribution in [-0.4, -0.2) is 0 Å². The zero-order valence-corrected chi connectivity index (χ0v) is 17.9. The summed E-state index contributed by atoms with van der Waals surface area (Å²) in [6, 6.07) is 1.94. The minimum absolute atomic E-state index is 0.136. The molecule has 0 aliphatic heterocycles. The van der Waals surface area contributed by atoms with Gasteiger partial charge in [-0.2, -0.15) is 8.78 Å². The second-order valence-corrected chi connectivity index (χ2v) is 8.45. The van der Waals surface area contributed by atoms with E-state index in [0.717, 1.165) is 51.2 Å². The largest absolute Gasteiger partial charge is 0.432 e. The molecule has 0 amide bonds. The molecule has 0 heterocycles. The van der Waals surface area contributed by atoms with E-state index in [1.807, 2.05) is 0 Å². The number of hydrogen-bond acceptors (Lipinski definition) is 1. The van der Waals surface area contributed by atoms with E-state index in [0.29, 0.717) is 24.3 Å². The van der Waals surface area contributed by atoms with E-state index in [2.05, 4.69) is 11.7 Å². The molecule has 0 bridgehead atoms. The number of benzene rings is 2. The fourth-order valence-electron chi connectivity index (χ4n) is 4.34. The number of halogens is 7. The highest BCUT2D eigenvalue weighted by Gasteiger charge is 2.42. The van der Waals surface area contributed by atoms with Gasteiger partial charge in [0.25, 0.3) is 0 Å². The third-order valence-corrected chi connectivity index (χ3v) is 6.24. The van der Waals surface area contributed by atoms with Gasteiger partial charge in [0.15, 0.2) is 17.5 Å². The van der Waals surface area contributed by atoms with E-state index >= 15 is 0 Å². The Morgan fingerprint density at radius 3 is 2.03 bits per heavy atom. The van der Waals surface area contributed by atoms with Crippen LogP contribution in [0.4, 0.5) is 30.7 Å². The average Bonchev–Trinajstić information content (AvgIpc) is 2.74. The first kappa shape index (κ1) is 24.4. The predicted octanol–water partition coefficient (Wildman–Crippen LogP) is 8.28. The molecule has 8 heteroatoms. The summed E-state index contributed by atoms with van der Waals surface area (Å²) in [4.78, 5) is 0. The monoisotopic (exact) mass is 462 g/mol. The average molecular weight is 462 g/mol. The van der Waals surface area contributed by atoms with E-state index < -0.39 is 52.1 Å².